The minimum atomic E-state index is -0.848. The zero-order chi connectivity index (χ0) is 23.7. The van der Waals surface area contributed by atoms with Gasteiger partial charge in [0.2, 0.25) is 17.6 Å². The number of fused-ring (bicyclic) bond motifs is 6. The first-order chi connectivity index (χ1) is 17.1. The first-order valence-corrected chi connectivity index (χ1v) is 11.6. The molecule has 0 bridgehead atoms. The third-order valence-corrected chi connectivity index (χ3v) is 7.46. The molecule has 0 spiro atoms. The Hall–Kier alpha value is -4.45. The van der Waals surface area contributed by atoms with Crippen LogP contribution >= 0.6 is 0 Å². The predicted octanol–water partition coefficient (Wildman–Crippen LogP) is 4.71. The highest BCUT2D eigenvalue weighted by Crippen LogP contribution is 2.50. The van der Waals surface area contributed by atoms with E-state index in [1.165, 1.54) is 11.2 Å². The van der Waals surface area contributed by atoms with E-state index in [0.717, 1.165) is 22.0 Å². The first kappa shape index (κ1) is 20.0. The Morgan fingerprint density at radius 2 is 1.51 bits per heavy atom. The Morgan fingerprint density at radius 1 is 0.771 bits per heavy atom. The summed E-state index contributed by atoms with van der Waals surface area (Å²) in [5.41, 5.74) is 2.35. The smallest absolute Gasteiger partial charge is 0.240 e. The lowest BCUT2D eigenvalue weighted by molar-refractivity contribution is -0.122. The molecule has 35 heavy (non-hydrogen) atoms. The average molecular weight is 460 g/mol. The summed E-state index contributed by atoms with van der Waals surface area (Å²) in [5, 5.41) is 1.77. The van der Waals surface area contributed by atoms with Crippen molar-refractivity contribution in [3.8, 4) is 0 Å². The van der Waals surface area contributed by atoms with E-state index in [0.29, 0.717) is 5.69 Å². The number of para-hydroxylation sites is 1. The van der Waals surface area contributed by atoms with Crippen LogP contribution in [-0.4, -0.2) is 29.7 Å². The van der Waals surface area contributed by atoms with Gasteiger partial charge in [-0.05, 0) is 35.2 Å². The Kier molecular flexibility index (Phi) is 4.15. The van der Waals surface area contributed by atoms with E-state index in [-0.39, 0.29) is 23.4 Å². The predicted molar refractivity (Wildman–Crippen MR) is 132 cm³/mol. The first-order valence-electron chi connectivity index (χ1n) is 11.6. The second kappa shape index (κ2) is 7.27. The summed E-state index contributed by atoms with van der Waals surface area (Å²) in [5.74, 6) is -2.22. The molecule has 0 radical (unpaired) electrons. The molecule has 7 rings (SSSR count). The lowest BCUT2D eigenvalue weighted by atomic mass is 9.87. The molecule has 4 heterocycles. The molecular weight excluding hydrogens is 440 g/mol. The molecule has 1 aromatic heterocycles. The minimum Gasteiger partial charge on any atom is -0.461 e. The number of nitrogens with zero attached hydrogens (tertiary/aromatic N) is 2. The molecule has 2 fully saturated rings. The van der Waals surface area contributed by atoms with Gasteiger partial charge in [-0.15, -0.1) is 0 Å². The van der Waals surface area contributed by atoms with E-state index in [9.17, 15) is 14.4 Å². The number of Topliss-reactive ketones (excluding diaryl/α,β-unsaturated/α-hetero) is 1. The van der Waals surface area contributed by atoms with Crippen LogP contribution in [0.25, 0.3) is 16.8 Å². The zero-order valence-electron chi connectivity index (χ0n) is 18.6. The van der Waals surface area contributed by atoms with E-state index in [1.54, 1.807) is 18.2 Å². The lowest BCUT2D eigenvalue weighted by Gasteiger charge is -2.36. The number of hydrogen-bond donors (Lipinski definition) is 0. The lowest BCUT2D eigenvalue weighted by Crippen LogP contribution is -2.48. The minimum absolute atomic E-state index is 0.185. The molecule has 0 aliphatic carbocycles. The van der Waals surface area contributed by atoms with Crippen molar-refractivity contribution in [1.82, 2.24) is 0 Å². The number of amides is 2. The summed E-state index contributed by atoms with van der Waals surface area (Å²) < 4.78 is 5.45. The monoisotopic (exact) mass is 460 g/mol. The Labute approximate surface area is 201 Å². The van der Waals surface area contributed by atoms with E-state index in [4.69, 9.17) is 4.42 Å². The van der Waals surface area contributed by atoms with Gasteiger partial charge in [-0.2, -0.15) is 0 Å². The fourth-order valence-electron chi connectivity index (χ4n) is 6.02. The molecule has 0 unspecified atom stereocenters. The second-order valence-corrected chi connectivity index (χ2v) is 9.16. The van der Waals surface area contributed by atoms with E-state index < -0.39 is 23.9 Å². The Bertz CT molecular complexity index is 1550. The summed E-state index contributed by atoms with van der Waals surface area (Å²) in [7, 11) is 0. The summed E-state index contributed by atoms with van der Waals surface area (Å²) in [6, 6.07) is 23.0. The highest BCUT2D eigenvalue weighted by Gasteiger charge is 2.64. The van der Waals surface area contributed by atoms with E-state index in [1.807, 2.05) is 77.7 Å². The summed E-state index contributed by atoms with van der Waals surface area (Å²) in [6.45, 7) is 0. The topological polar surface area (TPSA) is 70.8 Å². The summed E-state index contributed by atoms with van der Waals surface area (Å²) >= 11 is 0. The summed E-state index contributed by atoms with van der Waals surface area (Å²) in [6.07, 6.45) is 5.38. The molecule has 4 atom stereocenters. The van der Waals surface area contributed by atoms with Crippen molar-refractivity contribution >= 4 is 45.8 Å². The number of carbonyl (C=O) groups is 3. The van der Waals surface area contributed by atoms with Crippen molar-refractivity contribution in [2.45, 2.75) is 12.1 Å². The SMILES string of the molecule is O=C(c1ccco1)[C@@H]1[C@@H]2C(=O)N(c3cccc4ccccc34)C(=O)[C@@H]2[C@H]2C=Cc3ccccc3N21. The maximum Gasteiger partial charge on any atom is 0.240 e. The maximum absolute atomic E-state index is 14.1. The number of ketones is 1. The highest BCUT2D eigenvalue weighted by atomic mass is 16.3. The number of hydrogen-bond acceptors (Lipinski definition) is 5. The average Bonchev–Trinajstić information content (AvgIpc) is 3.60. The molecular formula is C29H20N2O4. The van der Waals surface area contributed by atoms with Crippen molar-refractivity contribution in [3.63, 3.8) is 0 Å². The van der Waals surface area contributed by atoms with Crippen LogP contribution in [0, 0.1) is 11.8 Å². The Morgan fingerprint density at radius 3 is 2.37 bits per heavy atom. The van der Waals surface area contributed by atoms with Gasteiger partial charge in [0.25, 0.3) is 0 Å². The molecule has 3 aliphatic rings. The molecule has 170 valence electrons. The van der Waals surface area contributed by atoms with Crippen LogP contribution in [0.15, 0.2) is 95.6 Å². The van der Waals surface area contributed by atoms with Gasteiger partial charge in [-0.3, -0.25) is 14.4 Å². The fourth-order valence-corrected chi connectivity index (χ4v) is 6.02. The fraction of sp³-hybridized carbons (Fsp3) is 0.138. The number of benzene rings is 3. The standard InChI is InChI=1S/C29H20N2O4/c32-27(23-13-6-16-35-23)26-25-24(22-15-14-18-8-2-4-11-20(18)30(22)26)28(33)31(29(25)34)21-12-5-9-17-7-1-3-10-19(17)21/h1-16,22,24-26H/t22-,24-,25-,26+/m1/s1. The second-order valence-electron chi connectivity index (χ2n) is 9.16. The van der Waals surface area contributed by atoms with Crippen molar-refractivity contribution in [3.05, 3.63) is 103 Å². The van der Waals surface area contributed by atoms with Crippen LogP contribution in [0.5, 0.6) is 0 Å². The molecule has 3 aromatic carbocycles. The molecule has 6 heteroatoms. The van der Waals surface area contributed by atoms with Crippen LogP contribution in [0.4, 0.5) is 11.4 Å². The molecule has 2 saturated heterocycles. The third kappa shape index (κ3) is 2.68. The molecule has 4 aromatic rings. The van der Waals surface area contributed by atoms with Gasteiger partial charge in [-0.25, -0.2) is 4.90 Å². The van der Waals surface area contributed by atoms with Crippen molar-refractivity contribution in [2.75, 3.05) is 9.80 Å². The van der Waals surface area contributed by atoms with Gasteiger partial charge in [0.15, 0.2) is 5.76 Å². The van der Waals surface area contributed by atoms with E-state index in [2.05, 4.69) is 0 Å². The van der Waals surface area contributed by atoms with Gasteiger partial charge in [-0.1, -0.05) is 66.7 Å². The third-order valence-electron chi connectivity index (χ3n) is 7.46. The molecule has 6 nitrogen and oxygen atoms in total. The van der Waals surface area contributed by atoms with Gasteiger partial charge in [0.05, 0.1) is 29.8 Å². The normalized spacial score (nSPS) is 24.6. The maximum atomic E-state index is 14.1. The van der Waals surface area contributed by atoms with Gasteiger partial charge in [0.1, 0.15) is 6.04 Å². The van der Waals surface area contributed by atoms with Crippen molar-refractivity contribution in [1.29, 1.82) is 0 Å². The number of anilines is 2. The van der Waals surface area contributed by atoms with Crippen LogP contribution in [-0.2, 0) is 9.59 Å². The van der Waals surface area contributed by atoms with Gasteiger partial charge >= 0.3 is 0 Å². The quantitative estimate of drug-likeness (QED) is 0.327. The highest BCUT2D eigenvalue weighted by molar-refractivity contribution is 6.27. The van der Waals surface area contributed by atoms with Crippen LogP contribution in [0.1, 0.15) is 16.1 Å². The molecule has 0 saturated carbocycles. The zero-order valence-corrected chi connectivity index (χ0v) is 18.6. The van der Waals surface area contributed by atoms with Crippen molar-refractivity contribution < 1.29 is 18.8 Å². The van der Waals surface area contributed by atoms with Crippen LogP contribution < -0.4 is 9.80 Å². The largest absolute Gasteiger partial charge is 0.461 e. The number of furan rings is 1. The summed E-state index contributed by atoms with van der Waals surface area (Å²) in [4.78, 5) is 45.1. The molecule has 0 N–H and O–H groups in total. The van der Waals surface area contributed by atoms with Gasteiger partial charge < -0.3 is 9.32 Å². The number of carbonyl (C=O) groups excluding carboxylic acids is 3. The number of rotatable bonds is 3. The molecule has 2 amide bonds. The van der Waals surface area contributed by atoms with E-state index >= 15 is 0 Å². The van der Waals surface area contributed by atoms with Crippen molar-refractivity contribution in [2.24, 2.45) is 11.8 Å². The Balaban J connectivity index is 1.40. The van der Waals surface area contributed by atoms with Crippen LogP contribution in [0.2, 0.25) is 0 Å². The van der Waals surface area contributed by atoms with Crippen LogP contribution in [0.3, 0.4) is 0 Å². The molecule has 3 aliphatic heterocycles. The van der Waals surface area contributed by atoms with Gasteiger partial charge in [0, 0.05) is 11.1 Å². The number of imide groups is 1.